The maximum absolute atomic E-state index is 12.6. The minimum atomic E-state index is -0.305. The summed E-state index contributed by atoms with van der Waals surface area (Å²) in [5, 5.41) is 22.6. The van der Waals surface area contributed by atoms with Gasteiger partial charge in [-0.2, -0.15) is 0 Å². The first-order valence-electron chi connectivity index (χ1n) is 9.34. The van der Waals surface area contributed by atoms with Gasteiger partial charge in [0.2, 0.25) is 0 Å². The summed E-state index contributed by atoms with van der Waals surface area (Å²) < 4.78 is 0. The van der Waals surface area contributed by atoms with Crippen LogP contribution in [0.25, 0.3) is 0 Å². The van der Waals surface area contributed by atoms with Crippen LogP contribution in [0.15, 0.2) is 5.16 Å². The van der Waals surface area contributed by atoms with Crippen molar-refractivity contribution in [3.05, 3.63) is 0 Å². The van der Waals surface area contributed by atoms with Gasteiger partial charge in [-0.1, -0.05) is 19.0 Å². The monoisotopic (exact) mass is 319 g/mol. The van der Waals surface area contributed by atoms with Crippen molar-refractivity contribution in [2.75, 3.05) is 0 Å². The molecule has 0 saturated heterocycles. The quantitative estimate of drug-likeness (QED) is 0.531. The summed E-state index contributed by atoms with van der Waals surface area (Å²) in [4.78, 5) is 12.6. The highest BCUT2D eigenvalue weighted by molar-refractivity contribution is 6.43. The Bertz CT molecular complexity index is 559. The van der Waals surface area contributed by atoms with E-state index in [0.29, 0.717) is 41.2 Å². The Balaban J connectivity index is 1.66. The fourth-order valence-electron chi connectivity index (χ4n) is 6.93. The average Bonchev–Trinajstić information content (AvgIpc) is 2.79. The molecule has 23 heavy (non-hydrogen) atoms. The van der Waals surface area contributed by atoms with Gasteiger partial charge in [0.05, 0.1) is 6.10 Å². The number of Topliss-reactive ketones (excluding diaryl/α,β-unsaturated/α-hetero) is 1. The Kier molecular flexibility index (Phi) is 3.43. The van der Waals surface area contributed by atoms with Crippen LogP contribution in [-0.4, -0.2) is 27.9 Å². The van der Waals surface area contributed by atoms with E-state index in [2.05, 4.69) is 19.0 Å². The Morgan fingerprint density at radius 2 is 1.87 bits per heavy atom. The number of hydrogen-bond acceptors (Lipinski definition) is 4. The zero-order valence-corrected chi connectivity index (χ0v) is 14.3. The van der Waals surface area contributed by atoms with Gasteiger partial charge in [0.1, 0.15) is 5.71 Å². The van der Waals surface area contributed by atoms with Crippen LogP contribution in [-0.2, 0) is 4.79 Å². The third-order valence-corrected chi connectivity index (χ3v) is 8.34. The topological polar surface area (TPSA) is 69.9 Å². The van der Waals surface area contributed by atoms with Gasteiger partial charge < -0.3 is 10.3 Å². The van der Waals surface area contributed by atoms with Crippen molar-refractivity contribution in [1.82, 2.24) is 0 Å². The third kappa shape index (κ3) is 2.00. The minimum Gasteiger partial charge on any atom is -0.411 e. The fraction of sp³-hybridized carbons (Fsp3) is 0.895. The summed E-state index contributed by atoms with van der Waals surface area (Å²) >= 11 is 0. The first-order chi connectivity index (χ1) is 10.9. The van der Waals surface area contributed by atoms with Crippen molar-refractivity contribution in [3.63, 3.8) is 0 Å². The molecule has 4 aliphatic carbocycles. The highest BCUT2D eigenvalue weighted by Crippen LogP contribution is 2.65. The fourth-order valence-corrected chi connectivity index (χ4v) is 6.93. The molecule has 2 N–H and O–H groups in total. The molecule has 4 aliphatic rings. The Morgan fingerprint density at radius 1 is 1.09 bits per heavy atom. The number of oxime groups is 1. The number of rotatable bonds is 0. The van der Waals surface area contributed by atoms with Crippen LogP contribution < -0.4 is 0 Å². The van der Waals surface area contributed by atoms with E-state index >= 15 is 0 Å². The van der Waals surface area contributed by atoms with Gasteiger partial charge in [-0.05, 0) is 74.0 Å². The zero-order chi connectivity index (χ0) is 16.4. The van der Waals surface area contributed by atoms with Gasteiger partial charge in [-0.3, -0.25) is 4.79 Å². The molecule has 0 heterocycles. The molecule has 7 atom stereocenters. The summed E-state index contributed by atoms with van der Waals surface area (Å²) in [6, 6.07) is 0. The molecule has 0 bridgehead atoms. The molecule has 0 spiro atoms. The molecule has 0 aliphatic heterocycles. The van der Waals surface area contributed by atoms with Crippen LogP contribution in [0.5, 0.6) is 0 Å². The number of carbonyl (C=O) groups excluding carboxylic acids is 1. The second-order valence-electron chi connectivity index (χ2n) is 9.12. The average molecular weight is 319 g/mol. The molecule has 0 aromatic heterocycles. The Hall–Kier alpha value is -0.900. The molecule has 0 aromatic carbocycles. The molecule has 0 unspecified atom stereocenters. The van der Waals surface area contributed by atoms with Crippen molar-refractivity contribution < 1.29 is 15.1 Å². The van der Waals surface area contributed by atoms with Crippen molar-refractivity contribution in [2.45, 2.75) is 71.3 Å². The standard InChI is InChI=1S/C19H29NO3/c1-18-7-5-12(21)9-11(18)3-4-13-14(18)6-8-19(2)15(13)10-16(20-23)17(19)22/h11-15,21,23H,3-10H2,1-2H3/t11-,12-,13-,14+,15+,18-,19-/m0/s1. The normalized spacial score (nSPS) is 54.5. The van der Waals surface area contributed by atoms with Gasteiger partial charge >= 0.3 is 0 Å². The second-order valence-corrected chi connectivity index (χ2v) is 9.12. The molecule has 4 nitrogen and oxygen atoms in total. The molecule has 0 radical (unpaired) electrons. The number of carbonyl (C=O) groups is 1. The van der Waals surface area contributed by atoms with Crippen LogP contribution in [0.1, 0.15) is 65.2 Å². The lowest BCUT2D eigenvalue weighted by Crippen LogP contribution is -2.54. The number of fused-ring (bicyclic) bond motifs is 5. The van der Waals surface area contributed by atoms with Gasteiger partial charge in [0.25, 0.3) is 0 Å². The highest BCUT2D eigenvalue weighted by atomic mass is 16.4. The van der Waals surface area contributed by atoms with Crippen molar-refractivity contribution in [3.8, 4) is 0 Å². The van der Waals surface area contributed by atoms with Crippen LogP contribution >= 0.6 is 0 Å². The van der Waals surface area contributed by atoms with E-state index < -0.39 is 0 Å². The Labute approximate surface area is 138 Å². The highest BCUT2D eigenvalue weighted by Gasteiger charge is 2.61. The third-order valence-electron chi connectivity index (χ3n) is 8.34. The molecule has 0 amide bonds. The molecule has 0 aromatic rings. The predicted molar refractivity (Wildman–Crippen MR) is 87.3 cm³/mol. The lowest BCUT2D eigenvalue weighted by Gasteiger charge is -2.59. The molecular weight excluding hydrogens is 290 g/mol. The maximum atomic E-state index is 12.6. The second kappa shape index (κ2) is 5.05. The maximum Gasteiger partial charge on any atom is 0.186 e. The number of ketones is 1. The zero-order valence-electron chi connectivity index (χ0n) is 14.3. The number of nitrogens with zero attached hydrogens (tertiary/aromatic N) is 1. The van der Waals surface area contributed by atoms with Gasteiger partial charge in [-0.15, -0.1) is 0 Å². The van der Waals surface area contributed by atoms with Gasteiger partial charge in [0.15, 0.2) is 5.78 Å². The molecular formula is C19H29NO3. The molecule has 128 valence electrons. The van der Waals surface area contributed by atoms with E-state index in [-0.39, 0.29) is 17.3 Å². The summed E-state index contributed by atoms with van der Waals surface area (Å²) in [5.74, 6) is 2.32. The van der Waals surface area contributed by atoms with E-state index in [0.717, 1.165) is 32.1 Å². The lowest BCUT2D eigenvalue weighted by atomic mass is 9.45. The summed E-state index contributed by atoms with van der Waals surface area (Å²) in [6.07, 6.45) is 7.97. The summed E-state index contributed by atoms with van der Waals surface area (Å²) in [5.41, 5.74) is 0.427. The first-order valence-corrected chi connectivity index (χ1v) is 9.34. The van der Waals surface area contributed by atoms with E-state index in [1.807, 2.05) is 0 Å². The molecule has 4 saturated carbocycles. The first kappa shape index (κ1) is 15.6. The van der Waals surface area contributed by atoms with Gasteiger partial charge in [-0.25, -0.2) is 0 Å². The van der Waals surface area contributed by atoms with Crippen molar-refractivity contribution >= 4 is 11.5 Å². The number of aliphatic hydroxyl groups is 1. The SMILES string of the molecule is C[C@]12CC[C@H](O)C[C@@H]1CC[C@H]1[C@H]2CC[C@]2(C)C(=O)C(=NO)C[C@H]12. The van der Waals surface area contributed by atoms with Crippen molar-refractivity contribution in [1.29, 1.82) is 0 Å². The number of hydrogen-bond donors (Lipinski definition) is 2. The molecule has 4 rings (SSSR count). The van der Waals surface area contributed by atoms with E-state index in [4.69, 9.17) is 0 Å². The minimum absolute atomic E-state index is 0.0924. The van der Waals surface area contributed by atoms with Crippen LogP contribution in [0, 0.1) is 34.5 Å². The number of aliphatic hydroxyl groups excluding tert-OH is 1. The smallest absolute Gasteiger partial charge is 0.186 e. The predicted octanol–water partition coefficient (Wildman–Crippen LogP) is 3.40. The lowest BCUT2D eigenvalue weighted by molar-refractivity contribution is -0.141. The molecule has 4 fully saturated rings. The summed E-state index contributed by atoms with van der Waals surface area (Å²) in [6.45, 7) is 4.55. The van der Waals surface area contributed by atoms with E-state index in [9.17, 15) is 15.1 Å². The van der Waals surface area contributed by atoms with Crippen LogP contribution in [0.2, 0.25) is 0 Å². The van der Waals surface area contributed by atoms with Crippen molar-refractivity contribution in [2.24, 2.45) is 39.7 Å². The van der Waals surface area contributed by atoms with E-state index in [1.54, 1.807) is 0 Å². The van der Waals surface area contributed by atoms with Crippen LogP contribution in [0.3, 0.4) is 0 Å². The summed E-state index contributed by atoms with van der Waals surface area (Å²) in [7, 11) is 0. The Morgan fingerprint density at radius 3 is 2.61 bits per heavy atom. The van der Waals surface area contributed by atoms with E-state index in [1.165, 1.54) is 12.8 Å². The van der Waals surface area contributed by atoms with Gasteiger partial charge in [0, 0.05) is 11.8 Å². The van der Waals surface area contributed by atoms with Crippen LogP contribution in [0.4, 0.5) is 0 Å². The molecule has 4 heteroatoms. The largest absolute Gasteiger partial charge is 0.411 e.